The smallest absolute Gasteiger partial charge is 0.0976 e. The Morgan fingerprint density at radius 3 is 2.53 bits per heavy atom. The van der Waals surface area contributed by atoms with Crippen molar-refractivity contribution in [2.45, 2.75) is 38.5 Å². The molecule has 0 aliphatic heterocycles. The van der Waals surface area contributed by atoms with Crippen LogP contribution in [0.5, 0.6) is 0 Å². The number of nitrogens with zero attached hydrogens (tertiary/aromatic N) is 2. The maximum Gasteiger partial charge on any atom is 0.0976 e. The number of aryl methyl sites for hydroxylation is 1. The van der Waals surface area contributed by atoms with Gasteiger partial charge in [0.2, 0.25) is 0 Å². The average Bonchev–Trinajstić information content (AvgIpc) is 2.50. The van der Waals surface area contributed by atoms with Crippen molar-refractivity contribution in [2.75, 3.05) is 0 Å². The van der Waals surface area contributed by atoms with Crippen molar-refractivity contribution in [2.24, 2.45) is 7.05 Å². The molecule has 0 aliphatic rings. The van der Waals surface area contributed by atoms with Gasteiger partial charge in [0.25, 0.3) is 0 Å². The van der Waals surface area contributed by atoms with Crippen LogP contribution >= 0.6 is 0 Å². The Kier molecular flexibility index (Phi) is 3.67. The summed E-state index contributed by atoms with van der Waals surface area (Å²) in [4.78, 5) is 0. The Balaban J connectivity index is 2.64. The van der Waals surface area contributed by atoms with Gasteiger partial charge in [0, 0.05) is 13.2 Å². The number of aromatic nitrogens is 2. The van der Waals surface area contributed by atoms with E-state index < -0.39 is 11.0 Å². The summed E-state index contributed by atoms with van der Waals surface area (Å²) in [6.07, 6.45) is 1.88. The molecule has 0 bridgehead atoms. The molecule has 0 saturated carbocycles. The summed E-state index contributed by atoms with van der Waals surface area (Å²) in [5.41, 5.74) is 0.912. The van der Waals surface area contributed by atoms with Crippen molar-refractivity contribution in [1.82, 2.24) is 14.5 Å². The second-order valence-electron chi connectivity index (χ2n) is 4.63. The van der Waals surface area contributed by atoms with Gasteiger partial charge in [-0.2, -0.15) is 5.10 Å². The second-order valence-corrected chi connectivity index (χ2v) is 6.63. The van der Waals surface area contributed by atoms with Gasteiger partial charge in [0.1, 0.15) is 0 Å². The maximum atomic E-state index is 11.8. The predicted octanol–water partition coefficient (Wildman–Crippen LogP) is 1.53. The number of hydrogen-bond acceptors (Lipinski definition) is 2. The topological polar surface area (TPSA) is 46.9 Å². The van der Waals surface area contributed by atoms with Crippen LogP contribution < -0.4 is 4.72 Å². The largest absolute Gasteiger partial charge is 0.275 e. The van der Waals surface area contributed by atoms with E-state index in [0.29, 0.717) is 0 Å². The molecule has 15 heavy (non-hydrogen) atoms. The molecule has 0 aromatic carbocycles. The van der Waals surface area contributed by atoms with Gasteiger partial charge in [-0.1, -0.05) is 0 Å². The summed E-state index contributed by atoms with van der Waals surface area (Å²) in [6.45, 7) is 7.80. The predicted molar refractivity (Wildman–Crippen MR) is 62.7 cm³/mol. The van der Waals surface area contributed by atoms with Crippen molar-refractivity contribution in [3.8, 4) is 0 Å². The highest BCUT2D eigenvalue weighted by atomic mass is 32.2. The van der Waals surface area contributed by atoms with Crippen molar-refractivity contribution in [3.05, 3.63) is 18.0 Å². The monoisotopic (exact) mass is 229 g/mol. The van der Waals surface area contributed by atoms with Crippen LogP contribution in [-0.4, -0.2) is 18.7 Å². The fourth-order valence-electron chi connectivity index (χ4n) is 1.06. The van der Waals surface area contributed by atoms with Crippen LogP contribution in [0.15, 0.2) is 12.3 Å². The first kappa shape index (κ1) is 12.4. The summed E-state index contributed by atoms with van der Waals surface area (Å²) >= 11 is 0. The molecule has 0 aliphatic carbocycles. The van der Waals surface area contributed by atoms with E-state index in [-0.39, 0.29) is 10.8 Å². The fourth-order valence-corrected chi connectivity index (χ4v) is 1.86. The molecular formula is C10H19N3OS. The van der Waals surface area contributed by atoms with Gasteiger partial charge in [0.15, 0.2) is 0 Å². The fraction of sp³-hybridized carbons (Fsp3) is 0.700. The molecule has 1 aromatic rings. The number of hydrogen-bond donors (Lipinski definition) is 1. The lowest BCUT2D eigenvalue weighted by Crippen LogP contribution is -2.34. The molecule has 1 aromatic heterocycles. The van der Waals surface area contributed by atoms with Gasteiger partial charge in [0.05, 0.1) is 27.5 Å². The molecule has 0 saturated heterocycles. The molecule has 0 spiro atoms. The van der Waals surface area contributed by atoms with Gasteiger partial charge in [-0.15, -0.1) is 0 Å². The SMILES string of the molecule is C[C@H](N[S@@](=O)C(C)(C)C)c1ccn(C)n1. The van der Waals surface area contributed by atoms with Gasteiger partial charge in [-0.3, -0.25) is 4.68 Å². The average molecular weight is 229 g/mol. The normalized spacial score (nSPS) is 16.3. The van der Waals surface area contributed by atoms with Crippen LogP contribution in [-0.2, 0) is 18.0 Å². The molecule has 4 nitrogen and oxygen atoms in total. The van der Waals surface area contributed by atoms with E-state index in [1.807, 2.05) is 47.0 Å². The van der Waals surface area contributed by atoms with E-state index in [1.54, 1.807) is 4.68 Å². The Morgan fingerprint density at radius 1 is 1.53 bits per heavy atom. The quantitative estimate of drug-likeness (QED) is 0.854. The Bertz CT molecular complexity index is 354. The first-order valence-corrected chi connectivity index (χ1v) is 6.13. The highest BCUT2D eigenvalue weighted by Crippen LogP contribution is 2.15. The minimum Gasteiger partial charge on any atom is -0.275 e. The lowest BCUT2D eigenvalue weighted by molar-refractivity contribution is 0.605. The van der Waals surface area contributed by atoms with Crippen molar-refractivity contribution in [1.29, 1.82) is 0 Å². The molecule has 1 rings (SSSR count). The van der Waals surface area contributed by atoms with Gasteiger partial charge < -0.3 is 0 Å². The highest BCUT2D eigenvalue weighted by Gasteiger charge is 2.22. The van der Waals surface area contributed by atoms with Gasteiger partial charge in [-0.25, -0.2) is 8.93 Å². The van der Waals surface area contributed by atoms with Crippen molar-refractivity contribution < 1.29 is 4.21 Å². The molecule has 1 heterocycles. The Hall–Kier alpha value is -0.680. The van der Waals surface area contributed by atoms with E-state index >= 15 is 0 Å². The van der Waals surface area contributed by atoms with E-state index in [2.05, 4.69) is 9.82 Å². The number of rotatable bonds is 3. The summed E-state index contributed by atoms with van der Waals surface area (Å²) in [6, 6.07) is 1.93. The molecular weight excluding hydrogens is 210 g/mol. The van der Waals surface area contributed by atoms with Crippen LogP contribution in [0.25, 0.3) is 0 Å². The molecule has 0 unspecified atom stereocenters. The molecule has 0 amide bonds. The third-order valence-electron chi connectivity index (χ3n) is 2.02. The first-order valence-electron chi connectivity index (χ1n) is 4.98. The van der Waals surface area contributed by atoms with Crippen LogP contribution in [0.2, 0.25) is 0 Å². The van der Waals surface area contributed by atoms with E-state index in [1.165, 1.54) is 0 Å². The molecule has 0 radical (unpaired) electrons. The van der Waals surface area contributed by atoms with Gasteiger partial charge >= 0.3 is 0 Å². The zero-order valence-electron chi connectivity index (χ0n) is 9.94. The second kappa shape index (κ2) is 4.45. The van der Waals surface area contributed by atoms with Crippen molar-refractivity contribution >= 4 is 11.0 Å². The van der Waals surface area contributed by atoms with E-state index in [0.717, 1.165) is 5.69 Å². The van der Waals surface area contributed by atoms with Crippen LogP contribution in [0.4, 0.5) is 0 Å². The molecule has 1 N–H and O–H groups in total. The molecule has 5 heteroatoms. The summed E-state index contributed by atoms with van der Waals surface area (Å²) in [5.74, 6) is 0. The standard InChI is InChI=1S/C10H19N3OS/c1-8(9-6-7-13(5)11-9)12-15(14)10(2,3)4/h6-8,12H,1-5H3/t8-,15-/m0/s1. The highest BCUT2D eigenvalue weighted by molar-refractivity contribution is 7.84. The molecule has 86 valence electrons. The lowest BCUT2D eigenvalue weighted by atomic mass is 10.3. The molecule has 2 atom stereocenters. The van der Waals surface area contributed by atoms with Gasteiger partial charge in [-0.05, 0) is 33.8 Å². The van der Waals surface area contributed by atoms with Crippen molar-refractivity contribution in [3.63, 3.8) is 0 Å². The lowest BCUT2D eigenvalue weighted by Gasteiger charge is -2.20. The van der Waals surface area contributed by atoms with Crippen LogP contribution in [0, 0.1) is 0 Å². The summed E-state index contributed by atoms with van der Waals surface area (Å²) < 4.78 is 16.4. The number of nitrogens with one attached hydrogen (secondary N) is 1. The third-order valence-corrected chi connectivity index (χ3v) is 3.70. The minimum atomic E-state index is -1.06. The first-order chi connectivity index (χ1) is 6.80. The summed E-state index contributed by atoms with van der Waals surface area (Å²) in [7, 11) is 0.814. The molecule has 0 fully saturated rings. The maximum absolute atomic E-state index is 11.8. The van der Waals surface area contributed by atoms with E-state index in [9.17, 15) is 4.21 Å². The van der Waals surface area contributed by atoms with Crippen LogP contribution in [0.3, 0.4) is 0 Å². The third kappa shape index (κ3) is 3.43. The Labute approximate surface area is 93.7 Å². The van der Waals surface area contributed by atoms with E-state index in [4.69, 9.17) is 0 Å². The summed E-state index contributed by atoms with van der Waals surface area (Å²) in [5, 5.41) is 4.27. The Morgan fingerprint density at radius 2 is 2.13 bits per heavy atom. The minimum absolute atomic E-state index is 0.00579. The zero-order chi connectivity index (χ0) is 11.6. The zero-order valence-corrected chi connectivity index (χ0v) is 10.8. The van der Waals surface area contributed by atoms with Crippen LogP contribution in [0.1, 0.15) is 39.4 Å².